The normalized spacial score (nSPS) is 15.8. The fourth-order valence-electron chi connectivity index (χ4n) is 1.65. The highest BCUT2D eigenvalue weighted by molar-refractivity contribution is 5.95. The van der Waals surface area contributed by atoms with Crippen LogP contribution in [-0.4, -0.2) is 29.1 Å². The van der Waals surface area contributed by atoms with Gasteiger partial charge in [-0.25, -0.2) is 4.79 Å². The fourth-order valence-corrected chi connectivity index (χ4v) is 1.65. The Balaban J connectivity index is 2.03. The minimum absolute atomic E-state index is 0.0994. The van der Waals surface area contributed by atoms with E-state index in [1.165, 1.54) is 6.07 Å². The maximum Gasteiger partial charge on any atom is 0.337 e. The third-order valence-electron chi connectivity index (χ3n) is 2.85. The van der Waals surface area contributed by atoms with Crippen LogP contribution >= 0.6 is 0 Å². The molecule has 3 N–H and O–H groups in total. The number of carboxylic acids is 1. The van der Waals surface area contributed by atoms with Gasteiger partial charge in [0.25, 0.3) is 0 Å². The average Bonchev–Trinajstić information content (AvgIpc) is 3.13. The molecule has 1 aromatic carbocycles. The Morgan fingerprint density at radius 2 is 2.00 bits per heavy atom. The zero-order valence-corrected chi connectivity index (χ0v) is 10.1. The first-order valence-corrected chi connectivity index (χ1v) is 5.97. The van der Waals surface area contributed by atoms with E-state index in [1.807, 2.05) is 0 Å². The predicted octanol–water partition coefficient (Wildman–Crippen LogP) is 1.46. The van der Waals surface area contributed by atoms with Crippen molar-refractivity contribution in [3.8, 4) is 0 Å². The molecule has 0 spiro atoms. The van der Waals surface area contributed by atoms with Crippen molar-refractivity contribution in [2.45, 2.75) is 31.8 Å². The van der Waals surface area contributed by atoms with Crippen LogP contribution in [0.25, 0.3) is 0 Å². The molecule has 18 heavy (non-hydrogen) atoms. The van der Waals surface area contributed by atoms with Gasteiger partial charge in [-0.05, 0) is 31.9 Å². The third-order valence-corrected chi connectivity index (χ3v) is 2.85. The minimum Gasteiger partial charge on any atom is -0.478 e. The van der Waals surface area contributed by atoms with Crippen LogP contribution in [0.2, 0.25) is 0 Å². The van der Waals surface area contributed by atoms with Crippen molar-refractivity contribution in [2.75, 3.05) is 5.32 Å². The largest absolute Gasteiger partial charge is 0.478 e. The first-order chi connectivity index (χ1) is 8.58. The molecule has 96 valence electrons. The van der Waals surface area contributed by atoms with Crippen LogP contribution in [0.4, 0.5) is 5.69 Å². The van der Waals surface area contributed by atoms with Crippen LogP contribution in [0, 0.1) is 0 Å². The van der Waals surface area contributed by atoms with Gasteiger partial charge in [-0.1, -0.05) is 12.1 Å². The molecule has 0 heterocycles. The zero-order valence-electron chi connectivity index (χ0n) is 10.1. The van der Waals surface area contributed by atoms with Crippen molar-refractivity contribution < 1.29 is 14.7 Å². The van der Waals surface area contributed by atoms with E-state index in [1.54, 1.807) is 25.1 Å². The summed E-state index contributed by atoms with van der Waals surface area (Å²) in [5.74, 6) is -1.11. The standard InChI is InChI=1S/C13H16N2O3/c1-8(12(16)15-9-6-7-9)14-11-5-3-2-4-10(11)13(17)18/h2-5,8-9,14H,6-7H2,1H3,(H,15,16)(H,17,18). The predicted molar refractivity (Wildman–Crippen MR) is 67.7 cm³/mol. The molecule has 5 nitrogen and oxygen atoms in total. The molecular formula is C13H16N2O3. The molecule has 1 amide bonds. The molecule has 1 aromatic rings. The van der Waals surface area contributed by atoms with Crippen molar-refractivity contribution >= 4 is 17.6 Å². The second-order valence-corrected chi connectivity index (χ2v) is 4.50. The molecule has 0 aliphatic heterocycles. The fraction of sp³-hybridized carbons (Fsp3) is 0.385. The second kappa shape index (κ2) is 5.08. The highest BCUT2D eigenvalue weighted by Crippen LogP contribution is 2.20. The minimum atomic E-state index is -1.01. The summed E-state index contributed by atoms with van der Waals surface area (Å²) in [6.45, 7) is 1.72. The van der Waals surface area contributed by atoms with Gasteiger partial charge in [0.05, 0.1) is 5.56 Å². The van der Waals surface area contributed by atoms with Crippen LogP contribution in [0.1, 0.15) is 30.1 Å². The smallest absolute Gasteiger partial charge is 0.337 e. The molecule has 1 atom stereocenters. The van der Waals surface area contributed by atoms with Gasteiger partial charge in [0.15, 0.2) is 0 Å². The number of rotatable bonds is 5. The van der Waals surface area contributed by atoms with E-state index in [0.29, 0.717) is 11.7 Å². The van der Waals surface area contributed by atoms with E-state index in [4.69, 9.17) is 5.11 Å². The first-order valence-electron chi connectivity index (χ1n) is 5.97. The quantitative estimate of drug-likeness (QED) is 0.737. The summed E-state index contributed by atoms with van der Waals surface area (Å²) >= 11 is 0. The molecule has 1 aliphatic rings. The van der Waals surface area contributed by atoms with Crippen molar-refractivity contribution in [2.24, 2.45) is 0 Å². The molecule has 5 heteroatoms. The molecule has 1 unspecified atom stereocenters. The van der Waals surface area contributed by atoms with Crippen LogP contribution in [-0.2, 0) is 4.79 Å². The average molecular weight is 248 g/mol. The Bertz CT molecular complexity index is 469. The summed E-state index contributed by atoms with van der Waals surface area (Å²) in [6.07, 6.45) is 2.06. The molecule has 2 rings (SSSR count). The van der Waals surface area contributed by atoms with Gasteiger partial charge in [-0.2, -0.15) is 0 Å². The van der Waals surface area contributed by atoms with Crippen LogP contribution in [0.15, 0.2) is 24.3 Å². The Kier molecular flexibility index (Phi) is 3.50. The van der Waals surface area contributed by atoms with Gasteiger partial charge in [0.2, 0.25) is 5.91 Å². The number of hydrogen-bond donors (Lipinski definition) is 3. The van der Waals surface area contributed by atoms with Gasteiger partial charge in [-0.3, -0.25) is 4.79 Å². The molecule has 0 radical (unpaired) electrons. The van der Waals surface area contributed by atoms with Gasteiger partial charge in [0, 0.05) is 11.7 Å². The Morgan fingerprint density at radius 3 is 2.61 bits per heavy atom. The summed E-state index contributed by atoms with van der Waals surface area (Å²) in [4.78, 5) is 22.8. The molecule has 0 saturated heterocycles. The molecule has 0 bridgehead atoms. The summed E-state index contributed by atoms with van der Waals surface area (Å²) < 4.78 is 0. The lowest BCUT2D eigenvalue weighted by atomic mass is 10.1. The number of para-hydroxylation sites is 1. The van der Waals surface area contributed by atoms with Gasteiger partial charge in [-0.15, -0.1) is 0 Å². The number of carbonyl (C=O) groups is 2. The first kappa shape index (κ1) is 12.4. The zero-order chi connectivity index (χ0) is 13.1. The van der Waals surface area contributed by atoms with E-state index >= 15 is 0 Å². The van der Waals surface area contributed by atoms with E-state index < -0.39 is 12.0 Å². The van der Waals surface area contributed by atoms with Crippen molar-refractivity contribution in [1.82, 2.24) is 5.32 Å². The maximum absolute atomic E-state index is 11.8. The third kappa shape index (κ3) is 3.00. The van der Waals surface area contributed by atoms with E-state index in [9.17, 15) is 9.59 Å². The number of carboxylic acid groups (broad SMARTS) is 1. The molecule has 1 aliphatic carbocycles. The number of hydrogen-bond acceptors (Lipinski definition) is 3. The van der Waals surface area contributed by atoms with E-state index in [0.717, 1.165) is 12.8 Å². The lowest BCUT2D eigenvalue weighted by Crippen LogP contribution is -2.38. The monoisotopic (exact) mass is 248 g/mol. The van der Waals surface area contributed by atoms with Crippen LogP contribution in [0.3, 0.4) is 0 Å². The molecule has 1 saturated carbocycles. The van der Waals surface area contributed by atoms with Gasteiger partial charge >= 0.3 is 5.97 Å². The highest BCUT2D eigenvalue weighted by atomic mass is 16.4. The summed E-state index contributed by atoms with van der Waals surface area (Å²) in [5.41, 5.74) is 0.631. The molecule has 0 aromatic heterocycles. The van der Waals surface area contributed by atoms with Crippen LogP contribution < -0.4 is 10.6 Å². The Morgan fingerprint density at radius 1 is 1.33 bits per heavy atom. The van der Waals surface area contributed by atoms with E-state index in [2.05, 4.69) is 10.6 Å². The lowest BCUT2D eigenvalue weighted by Gasteiger charge is -2.16. The Hall–Kier alpha value is -2.04. The number of nitrogens with one attached hydrogen (secondary N) is 2. The molecular weight excluding hydrogens is 232 g/mol. The van der Waals surface area contributed by atoms with Gasteiger partial charge in [0.1, 0.15) is 6.04 Å². The number of amides is 1. The summed E-state index contributed by atoms with van der Waals surface area (Å²) in [5, 5.41) is 14.8. The topological polar surface area (TPSA) is 78.4 Å². The number of benzene rings is 1. The summed E-state index contributed by atoms with van der Waals surface area (Å²) in [7, 11) is 0. The lowest BCUT2D eigenvalue weighted by molar-refractivity contribution is -0.121. The van der Waals surface area contributed by atoms with Crippen molar-refractivity contribution in [3.63, 3.8) is 0 Å². The van der Waals surface area contributed by atoms with Crippen molar-refractivity contribution in [1.29, 1.82) is 0 Å². The maximum atomic E-state index is 11.8. The number of carbonyl (C=O) groups excluding carboxylic acids is 1. The van der Waals surface area contributed by atoms with Crippen molar-refractivity contribution in [3.05, 3.63) is 29.8 Å². The van der Waals surface area contributed by atoms with E-state index in [-0.39, 0.29) is 11.5 Å². The molecule has 1 fully saturated rings. The highest BCUT2D eigenvalue weighted by Gasteiger charge is 2.25. The van der Waals surface area contributed by atoms with Crippen LogP contribution in [0.5, 0.6) is 0 Å². The van der Waals surface area contributed by atoms with Gasteiger partial charge < -0.3 is 15.7 Å². The number of aromatic carboxylic acids is 1. The second-order valence-electron chi connectivity index (χ2n) is 4.50. The Labute approximate surface area is 105 Å². The number of anilines is 1. The SMILES string of the molecule is CC(Nc1ccccc1C(=O)O)C(=O)NC1CC1. The summed E-state index contributed by atoms with van der Waals surface area (Å²) in [6, 6.07) is 6.41.